The lowest BCUT2D eigenvalue weighted by Crippen LogP contribution is -2.11. The summed E-state index contributed by atoms with van der Waals surface area (Å²) in [6.07, 6.45) is 0.693. The van der Waals surface area contributed by atoms with Crippen molar-refractivity contribution in [3.05, 3.63) is 12.2 Å². The molecule has 0 rings (SSSR count). The highest BCUT2D eigenvalue weighted by Crippen LogP contribution is 1.93. The van der Waals surface area contributed by atoms with Crippen LogP contribution in [-0.4, -0.2) is 32.3 Å². The van der Waals surface area contributed by atoms with Gasteiger partial charge in [-0.3, -0.25) is 0 Å². The van der Waals surface area contributed by atoms with Crippen molar-refractivity contribution in [2.24, 2.45) is 5.73 Å². The maximum atomic E-state index is 10.8. The van der Waals surface area contributed by atoms with Gasteiger partial charge in [0.05, 0.1) is 13.2 Å². The highest BCUT2D eigenvalue weighted by molar-refractivity contribution is 5.86. The van der Waals surface area contributed by atoms with Crippen molar-refractivity contribution in [3.8, 4) is 0 Å². The molecule has 0 amide bonds. The van der Waals surface area contributed by atoms with Gasteiger partial charge in [0.25, 0.3) is 0 Å². The van der Waals surface area contributed by atoms with Crippen LogP contribution in [-0.2, 0) is 14.3 Å². The standard InChI is InChI=1S/C9H17NO3/c1-8(2)9(11)13-6-3-5-12-7-4-10/h1,3-7,10H2,2H3. The normalized spacial score (nSPS) is 9.69. The molecule has 0 spiro atoms. The fourth-order valence-electron chi connectivity index (χ4n) is 0.634. The van der Waals surface area contributed by atoms with Crippen LogP contribution in [0.1, 0.15) is 13.3 Å². The van der Waals surface area contributed by atoms with E-state index in [9.17, 15) is 4.79 Å². The third-order valence-electron chi connectivity index (χ3n) is 1.28. The van der Waals surface area contributed by atoms with Gasteiger partial charge < -0.3 is 15.2 Å². The van der Waals surface area contributed by atoms with Crippen LogP contribution in [0.2, 0.25) is 0 Å². The molecule has 4 heteroatoms. The Labute approximate surface area is 78.7 Å². The van der Waals surface area contributed by atoms with E-state index in [1.165, 1.54) is 0 Å². The molecule has 0 aliphatic carbocycles. The molecule has 0 aliphatic heterocycles. The summed E-state index contributed by atoms with van der Waals surface area (Å²) in [5, 5.41) is 0. The van der Waals surface area contributed by atoms with Crippen molar-refractivity contribution < 1.29 is 14.3 Å². The molecule has 2 N–H and O–H groups in total. The topological polar surface area (TPSA) is 61.5 Å². The summed E-state index contributed by atoms with van der Waals surface area (Å²) in [7, 11) is 0. The van der Waals surface area contributed by atoms with Crippen LogP contribution >= 0.6 is 0 Å². The summed E-state index contributed by atoms with van der Waals surface area (Å²) in [5.41, 5.74) is 5.63. The Kier molecular flexibility index (Phi) is 7.24. The molecule has 0 bridgehead atoms. The number of ether oxygens (including phenoxy) is 2. The highest BCUT2D eigenvalue weighted by atomic mass is 16.5. The van der Waals surface area contributed by atoms with Gasteiger partial charge in [0.1, 0.15) is 0 Å². The lowest BCUT2D eigenvalue weighted by atomic mass is 10.4. The van der Waals surface area contributed by atoms with Crippen molar-refractivity contribution in [2.75, 3.05) is 26.4 Å². The first-order valence-electron chi connectivity index (χ1n) is 4.29. The molecule has 4 nitrogen and oxygen atoms in total. The van der Waals surface area contributed by atoms with E-state index in [0.717, 1.165) is 0 Å². The predicted octanol–water partition coefficient (Wildman–Crippen LogP) is 0.471. The van der Waals surface area contributed by atoms with Gasteiger partial charge in [-0.25, -0.2) is 4.79 Å². The van der Waals surface area contributed by atoms with E-state index in [1.54, 1.807) is 6.92 Å². The summed E-state index contributed by atoms with van der Waals surface area (Å²) < 4.78 is 9.92. The molecule has 13 heavy (non-hydrogen) atoms. The third-order valence-corrected chi connectivity index (χ3v) is 1.28. The number of carbonyl (C=O) groups is 1. The van der Waals surface area contributed by atoms with Gasteiger partial charge in [-0.05, 0) is 6.92 Å². The Hall–Kier alpha value is -0.870. The molecule has 0 atom stereocenters. The zero-order valence-corrected chi connectivity index (χ0v) is 8.04. The van der Waals surface area contributed by atoms with Crippen LogP contribution in [0.3, 0.4) is 0 Å². The SMILES string of the molecule is C=C(C)C(=O)OCCCOCCN. The number of rotatable bonds is 7. The maximum Gasteiger partial charge on any atom is 0.333 e. The molecule has 0 saturated carbocycles. The molecule has 0 unspecified atom stereocenters. The van der Waals surface area contributed by atoms with E-state index in [-0.39, 0.29) is 5.97 Å². The average molecular weight is 187 g/mol. The number of hydrogen-bond donors (Lipinski definition) is 1. The lowest BCUT2D eigenvalue weighted by molar-refractivity contribution is -0.139. The maximum absolute atomic E-state index is 10.8. The van der Waals surface area contributed by atoms with Gasteiger partial charge in [-0.2, -0.15) is 0 Å². The Balaban J connectivity index is 3.16. The van der Waals surface area contributed by atoms with Crippen LogP contribution in [0.5, 0.6) is 0 Å². The third kappa shape index (κ3) is 7.49. The molecule has 0 heterocycles. The molecule has 76 valence electrons. The molecule has 0 radical (unpaired) electrons. The minimum absolute atomic E-state index is 0.348. The number of esters is 1. The van der Waals surface area contributed by atoms with E-state index in [4.69, 9.17) is 15.2 Å². The fourth-order valence-corrected chi connectivity index (χ4v) is 0.634. The first kappa shape index (κ1) is 12.1. The first-order chi connectivity index (χ1) is 6.18. The smallest absolute Gasteiger partial charge is 0.333 e. The molecule has 0 aromatic rings. The van der Waals surface area contributed by atoms with Gasteiger partial charge >= 0.3 is 5.97 Å². The summed E-state index contributed by atoms with van der Waals surface area (Å²) in [4.78, 5) is 10.8. The van der Waals surface area contributed by atoms with Crippen molar-refractivity contribution in [1.29, 1.82) is 0 Å². The molecule has 0 aromatic carbocycles. The monoisotopic (exact) mass is 187 g/mol. The quantitative estimate of drug-likeness (QED) is 0.357. The molecular weight excluding hydrogens is 170 g/mol. The summed E-state index contributed by atoms with van der Waals surface area (Å²) in [6, 6.07) is 0. The predicted molar refractivity (Wildman–Crippen MR) is 50.3 cm³/mol. The number of nitrogens with two attached hydrogens (primary N) is 1. The van der Waals surface area contributed by atoms with E-state index >= 15 is 0 Å². The summed E-state index contributed by atoms with van der Waals surface area (Å²) in [6.45, 7) is 7.09. The highest BCUT2D eigenvalue weighted by Gasteiger charge is 2.01. The van der Waals surface area contributed by atoms with Gasteiger partial charge in [-0.1, -0.05) is 6.58 Å². The Morgan fingerprint density at radius 2 is 2.08 bits per heavy atom. The van der Waals surface area contributed by atoms with Crippen LogP contribution in [0, 0.1) is 0 Å². The largest absolute Gasteiger partial charge is 0.462 e. The Morgan fingerprint density at radius 1 is 1.38 bits per heavy atom. The molecule has 0 saturated heterocycles. The molecule has 0 fully saturated rings. The second kappa shape index (κ2) is 7.76. The van der Waals surface area contributed by atoms with E-state index in [0.29, 0.717) is 38.4 Å². The van der Waals surface area contributed by atoms with Gasteiger partial charge in [0.15, 0.2) is 0 Å². The fraction of sp³-hybridized carbons (Fsp3) is 0.667. The number of carbonyl (C=O) groups excluding carboxylic acids is 1. The second-order valence-corrected chi connectivity index (χ2v) is 2.67. The van der Waals surface area contributed by atoms with E-state index in [1.807, 2.05) is 0 Å². The van der Waals surface area contributed by atoms with Crippen molar-refractivity contribution in [1.82, 2.24) is 0 Å². The van der Waals surface area contributed by atoms with Gasteiger partial charge in [0, 0.05) is 25.1 Å². The van der Waals surface area contributed by atoms with Crippen molar-refractivity contribution in [2.45, 2.75) is 13.3 Å². The van der Waals surface area contributed by atoms with Gasteiger partial charge in [-0.15, -0.1) is 0 Å². The second-order valence-electron chi connectivity index (χ2n) is 2.67. The minimum atomic E-state index is -0.348. The average Bonchev–Trinajstić information content (AvgIpc) is 2.10. The lowest BCUT2D eigenvalue weighted by Gasteiger charge is -2.04. The first-order valence-corrected chi connectivity index (χ1v) is 4.29. The Bertz CT molecular complexity index is 168. The van der Waals surface area contributed by atoms with E-state index in [2.05, 4.69) is 6.58 Å². The molecular formula is C9H17NO3. The van der Waals surface area contributed by atoms with Crippen molar-refractivity contribution in [3.63, 3.8) is 0 Å². The summed E-state index contributed by atoms with van der Waals surface area (Å²) in [5.74, 6) is -0.348. The van der Waals surface area contributed by atoms with Crippen LogP contribution < -0.4 is 5.73 Å². The van der Waals surface area contributed by atoms with Crippen LogP contribution in [0.15, 0.2) is 12.2 Å². The van der Waals surface area contributed by atoms with E-state index < -0.39 is 0 Å². The molecule has 0 aliphatic rings. The zero-order valence-electron chi connectivity index (χ0n) is 8.04. The van der Waals surface area contributed by atoms with Gasteiger partial charge in [0.2, 0.25) is 0 Å². The number of hydrogen-bond acceptors (Lipinski definition) is 4. The van der Waals surface area contributed by atoms with Crippen LogP contribution in [0.4, 0.5) is 0 Å². The molecule has 0 aromatic heterocycles. The summed E-state index contributed by atoms with van der Waals surface area (Å²) >= 11 is 0. The van der Waals surface area contributed by atoms with Crippen LogP contribution in [0.25, 0.3) is 0 Å². The van der Waals surface area contributed by atoms with Crippen molar-refractivity contribution >= 4 is 5.97 Å². The Morgan fingerprint density at radius 3 is 2.62 bits per heavy atom. The minimum Gasteiger partial charge on any atom is -0.462 e. The zero-order chi connectivity index (χ0) is 10.1.